The Morgan fingerprint density at radius 1 is 1.22 bits per heavy atom. The summed E-state index contributed by atoms with van der Waals surface area (Å²) in [5, 5.41) is 2.51. The molecule has 11 heteroatoms. The first-order chi connectivity index (χ1) is 16.4. The normalized spacial score (nSPS) is 28.2. The average molecular weight is 467 g/mol. The van der Waals surface area contributed by atoms with Crippen molar-refractivity contribution in [3.63, 3.8) is 0 Å². The van der Waals surface area contributed by atoms with Gasteiger partial charge in [0.1, 0.15) is 40.8 Å². The molecule has 2 aromatic rings. The van der Waals surface area contributed by atoms with Gasteiger partial charge in [-0.1, -0.05) is 0 Å². The van der Waals surface area contributed by atoms with Gasteiger partial charge in [-0.2, -0.15) is 0 Å². The predicted molar refractivity (Wildman–Crippen MR) is 116 cm³/mol. The number of amides is 1. The van der Waals surface area contributed by atoms with Crippen LogP contribution in [0.5, 0.6) is 11.5 Å². The first-order valence-corrected chi connectivity index (χ1v) is 11.1. The minimum atomic E-state index is -3.79. The molecule has 3 N–H and O–H groups in total. The molecule has 1 aromatic heterocycles. The quantitative estimate of drug-likeness (QED) is 0.707. The van der Waals surface area contributed by atoms with Crippen molar-refractivity contribution in [2.24, 2.45) is 10.7 Å². The van der Waals surface area contributed by atoms with Crippen LogP contribution in [0.3, 0.4) is 0 Å². The van der Waals surface area contributed by atoms with Crippen molar-refractivity contribution in [2.45, 2.75) is 31.1 Å². The van der Waals surface area contributed by atoms with Gasteiger partial charge in [0, 0.05) is 17.3 Å². The van der Waals surface area contributed by atoms with Crippen molar-refractivity contribution in [2.75, 3.05) is 24.2 Å². The molecule has 3 heterocycles. The number of nitrogens with one attached hydrogen (secondary N) is 1. The summed E-state index contributed by atoms with van der Waals surface area (Å²) < 4.78 is 79.6. The Bertz CT molecular complexity index is 1420. The third-order valence-electron chi connectivity index (χ3n) is 5.46. The number of aromatic nitrogens is 1. The number of fused-ring (bicyclic) bond motifs is 1. The fourth-order valence-corrected chi connectivity index (χ4v) is 5.03. The first-order valence-electron chi connectivity index (χ1n) is 11.5. The Morgan fingerprint density at radius 2 is 1.91 bits per heavy atom. The molecule has 170 valence electrons. The summed E-state index contributed by atoms with van der Waals surface area (Å²) in [6, 6.07) is 4.65. The van der Waals surface area contributed by atoms with E-state index < -0.39 is 50.7 Å². The fourth-order valence-electron chi connectivity index (χ4n) is 3.35. The summed E-state index contributed by atoms with van der Waals surface area (Å²) in [6.07, 6.45) is 1.01. The maximum absolute atomic E-state index is 14.8. The molecule has 0 aliphatic carbocycles. The molecule has 0 spiro atoms. The molecular formula is C21H23FN4O5S. The number of aliphatic imine (C=N–C) groups is 1. The topological polar surface area (TPSA) is 133 Å². The third kappa shape index (κ3) is 3.66. The van der Waals surface area contributed by atoms with Gasteiger partial charge >= 0.3 is 0 Å². The molecule has 4 rings (SSSR count). The number of benzene rings is 1. The zero-order valence-corrected chi connectivity index (χ0v) is 18.2. The van der Waals surface area contributed by atoms with E-state index >= 15 is 0 Å². The number of carbonyl (C=O) groups is 1. The molecule has 0 unspecified atom stereocenters. The van der Waals surface area contributed by atoms with E-state index in [-0.39, 0.29) is 34.3 Å². The van der Waals surface area contributed by atoms with Crippen LogP contribution in [0.15, 0.2) is 35.5 Å². The number of pyridine rings is 1. The lowest BCUT2D eigenvalue weighted by Gasteiger charge is -2.38. The highest BCUT2D eigenvalue weighted by atomic mass is 32.2. The zero-order chi connectivity index (χ0) is 26.9. The number of anilines is 1. The smallest absolute Gasteiger partial charge is 0.274 e. The van der Waals surface area contributed by atoms with Gasteiger partial charge in [0.2, 0.25) is 0 Å². The monoisotopic (exact) mass is 466 g/mol. The van der Waals surface area contributed by atoms with Crippen LogP contribution in [0, 0.1) is 5.82 Å². The third-order valence-corrected chi connectivity index (χ3v) is 8.17. The highest BCUT2D eigenvalue weighted by molar-refractivity contribution is 7.93. The van der Waals surface area contributed by atoms with Gasteiger partial charge in [-0.15, -0.1) is 0 Å². The Labute approximate surface area is 190 Å². The van der Waals surface area contributed by atoms with E-state index in [1.165, 1.54) is 32.9 Å². The fraction of sp³-hybridized carbons (Fsp3) is 0.381. The summed E-state index contributed by atoms with van der Waals surface area (Å²) in [7, 11) is -3.79. The van der Waals surface area contributed by atoms with Crippen LogP contribution in [0.4, 0.5) is 10.1 Å². The molecule has 1 atom stereocenters. The summed E-state index contributed by atoms with van der Waals surface area (Å²) in [5.41, 5.74) is 4.19. The highest BCUT2D eigenvalue weighted by Gasteiger charge is 2.49. The number of rotatable bonds is 3. The second-order valence-electron chi connectivity index (χ2n) is 8.11. The van der Waals surface area contributed by atoms with Crippen molar-refractivity contribution < 1.29 is 32.6 Å². The van der Waals surface area contributed by atoms with Crippen molar-refractivity contribution in [1.29, 1.82) is 0 Å². The Morgan fingerprint density at radius 3 is 2.59 bits per heavy atom. The maximum atomic E-state index is 14.8. The SMILES string of the molecule is [2H]C1([2H])Oc2cnc(C(=O)Nc3ccc(F)c([C@]4(C)CS(=O)(=O)C(C)(C)C(N)=N4)c3)cc2OC1([2H])[2H]. The lowest BCUT2D eigenvalue weighted by Crippen LogP contribution is -2.55. The summed E-state index contributed by atoms with van der Waals surface area (Å²) in [5.74, 6) is -2.60. The number of amidine groups is 1. The van der Waals surface area contributed by atoms with E-state index in [1.807, 2.05) is 0 Å². The van der Waals surface area contributed by atoms with Crippen LogP contribution < -0.4 is 20.5 Å². The van der Waals surface area contributed by atoms with E-state index in [0.29, 0.717) is 0 Å². The minimum Gasteiger partial charge on any atom is -0.486 e. The molecular weight excluding hydrogens is 439 g/mol. The van der Waals surface area contributed by atoms with Gasteiger partial charge < -0.3 is 20.5 Å². The molecule has 0 saturated heterocycles. The van der Waals surface area contributed by atoms with Crippen molar-refractivity contribution in [3.05, 3.63) is 47.5 Å². The Kier molecular flexibility index (Phi) is 4.03. The lowest BCUT2D eigenvalue weighted by atomic mass is 9.92. The van der Waals surface area contributed by atoms with Gasteiger partial charge in [-0.3, -0.25) is 9.79 Å². The number of halogens is 1. The van der Waals surface area contributed by atoms with Crippen LogP contribution in [0.1, 0.15) is 42.3 Å². The van der Waals surface area contributed by atoms with E-state index in [4.69, 9.17) is 20.7 Å². The number of nitrogens with zero attached hydrogens (tertiary/aromatic N) is 2. The minimum absolute atomic E-state index is 0.0899. The Hall–Kier alpha value is -3.21. The number of carbonyl (C=O) groups excluding carboxylic acids is 1. The summed E-state index contributed by atoms with van der Waals surface area (Å²) >= 11 is 0. The van der Waals surface area contributed by atoms with Crippen LogP contribution in [-0.2, 0) is 15.4 Å². The molecule has 2 aliphatic rings. The van der Waals surface area contributed by atoms with E-state index in [2.05, 4.69) is 15.3 Å². The van der Waals surface area contributed by atoms with E-state index in [1.54, 1.807) is 0 Å². The van der Waals surface area contributed by atoms with Crippen LogP contribution in [-0.4, -0.2) is 48.8 Å². The summed E-state index contributed by atoms with van der Waals surface area (Å²) in [6.45, 7) is -1.32. The second kappa shape index (κ2) is 7.44. The molecule has 32 heavy (non-hydrogen) atoms. The number of ether oxygens (including phenoxy) is 2. The number of hydrogen-bond donors (Lipinski definition) is 2. The second-order valence-corrected chi connectivity index (χ2v) is 10.7. The largest absolute Gasteiger partial charge is 0.486 e. The lowest BCUT2D eigenvalue weighted by molar-refractivity contribution is 0.102. The number of hydrogen-bond acceptors (Lipinski definition) is 8. The van der Waals surface area contributed by atoms with Crippen LogP contribution in [0.2, 0.25) is 0 Å². The number of sulfone groups is 1. The van der Waals surface area contributed by atoms with Gasteiger partial charge in [-0.05, 0) is 39.0 Å². The molecule has 0 radical (unpaired) electrons. The average Bonchev–Trinajstić information content (AvgIpc) is 2.73. The highest BCUT2D eigenvalue weighted by Crippen LogP contribution is 2.38. The van der Waals surface area contributed by atoms with E-state index in [0.717, 1.165) is 18.3 Å². The van der Waals surface area contributed by atoms with Gasteiger partial charge in [0.05, 0.1) is 17.4 Å². The standard InChI is InChI=1S/C21H23FN4O5S/c1-20(2)19(23)26-21(3,11-32(20,28)29)13-8-12(4-5-14(13)22)25-18(27)15-9-16-17(10-24-15)31-7-6-30-16/h4-5,8-10H,6-7,11H2,1-3H3,(H2,23,26)(H,25,27)/t21-/m0/s1/i6D2,7D2. The summed E-state index contributed by atoms with van der Waals surface area (Å²) in [4.78, 5) is 21.0. The molecule has 2 aliphatic heterocycles. The molecule has 0 bridgehead atoms. The first kappa shape index (κ1) is 17.4. The predicted octanol–water partition coefficient (Wildman–Crippen LogP) is 2.02. The molecule has 0 fully saturated rings. The molecule has 1 aromatic carbocycles. The van der Waals surface area contributed by atoms with Gasteiger partial charge in [-0.25, -0.2) is 17.8 Å². The van der Waals surface area contributed by atoms with Crippen molar-refractivity contribution in [3.8, 4) is 11.5 Å². The maximum Gasteiger partial charge on any atom is 0.274 e. The molecule has 0 saturated carbocycles. The zero-order valence-electron chi connectivity index (χ0n) is 21.4. The van der Waals surface area contributed by atoms with Gasteiger partial charge in [0.25, 0.3) is 5.91 Å². The van der Waals surface area contributed by atoms with E-state index in [9.17, 15) is 17.6 Å². The van der Waals surface area contributed by atoms with Crippen molar-refractivity contribution in [1.82, 2.24) is 4.98 Å². The number of nitrogens with two attached hydrogens (primary N) is 1. The van der Waals surface area contributed by atoms with Gasteiger partial charge in [0.15, 0.2) is 21.3 Å². The molecule has 9 nitrogen and oxygen atoms in total. The molecule has 1 amide bonds. The van der Waals surface area contributed by atoms with Crippen molar-refractivity contribution >= 4 is 27.3 Å². The van der Waals surface area contributed by atoms with Crippen LogP contribution in [0.25, 0.3) is 0 Å². The Balaban J connectivity index is 1.64. The van der Waals surface area contributed by atoms with Crippen LogP contribution >= 0.6 is 0 Å².